The van der Waals surface area contributed by atoms with Gasteiger partial charge in [-0.2, -0.15) is 0 Å². The van der Waals surface area contributed by atoms with E-state index in [0.29, 0.717) is 31.4 Å². The molecule has 11 nitrogen and oxygen atoms in total. The maximum atomic E-state index is 13.8. The van der Waals surface area contributed by atoms with E-state index in [1.807, 2.05) is 82.3 Å². The Morgan fingerprint density at radius 2 is 1.61 bits per heavy atom. The summed E-state index contributed by atoms with van der Waals surface area (Å²) in [6.07, 6.45) is 0.983. The van der Waals surface area contributed by atoms with Gasteiger partial charge in [0.15, 0.2) is 5.01 Å². The highest BCUT2D eigenvalue weighted by molar-refractivity contribution is 7.20. The van der Waals surface area contributed by atoms with Crippen molar-refractivity contribution in [2.24, 2.45) is 17.8 Å². The number of hydrogen-bond donors (Lipinski definition) is 5. The van der Waals surface area contributed by atoms with Gasteiger partial charge in [0.25, 0.3) is 0 Å². The van der Waals surface area contributed by atoms with Crippen LogP contribution < -0.4 is 26.6 Å². The highest BCUT2D eigenvalue weighted by atomic mass is 32.1. The van der Waals surface area contributed by atoms with Crippen LogP contribution in [0.2, 0.25) is 0 Å². The first-order valence-electron chi connectivity index (χ1n) is 15.8. The Balaban J connectivity index is 1.45. The normalized spacial score (nSPS) is 16.6. The molecule has 0 aliphatic carbocycles. The molecular weight excluding hydrogens is 604 g/mol. The van der Waals surface area contributed by atoms with Crippen LogP contribution in [0.15, 0.2) is 54.6 Å². The smallest absolute Gasteiger partial charge is 0.243 e. The number of para-hydroxylation sites is 1. The fraction of sp³-hybridized carbons (Fsp3) is 0.471. The molecule has 1 fully saturated rings. The molecule has 4 amide bonds. The maximum absolute atomic E-state index is 13.8. The van der Waals surface area contributed by atoms with Crippen LogP contribution >= 0.6 is 11.3 Å². The summed E-state index contributed by atoms with van der Waals surface area (Å²) >= 11 is 1.24. The number of Topliss-reactive ketones (excluding diaryl/α,β-unsaturated/α-hetero) is 1. The van der Waals surface area contributed by atoms with Gasteiger partial charge in [0.2, 0.25) is 29.4 Å². The summed E-state index contributed by atoms with van der Waals surface area (Å²) in [6.45, 7) is 8.53. The van der Waals surface area contributed by atoms with Crippen molar-refractivity contribution in [1.82, 2.24) is 31.6 Å². The number of amides is 4. The van der Waals surface area contributed by atoms with Crippen LogP contribution in [-0.4, -0.2) is 65.6 Å². The maximum Gasteiger partial charge on any atom is 0.243 e. The van der Waals surface area contributed by atoms with Gasteiger partial charge in [0.1, 0.15) is 12.1 Å². The van der Waals surface area contributed by atoms with Crippen LogP contribution in [0.25, 0.3) is 10.2 Å². The molecule has 0 radical (unpaired) electrons. The van der Waals surface area contributed by atoms with Crippen molar-refractivity contribution in [3.63, 3.8) is 0 Å². The summed E-state index contributed by atoms with van der Waals surface area (Å²) in [5, 5.41) is 14.6. The molecule has 1 saturated heterocycles. The Morgan fingerprint density at radius 3 is 2.26 bits per heavy atom. The Labute approximate surface area is 273 Å². The van der Waals surface area contributed by atoms with E-state index in [2.05, 4.69) is 31.6 Å². The van der Waals surface area contributed by atoms with E-state index < -0.39 is 35.9 Å². The van der Waals surface area contributed by atoms with E-state index in [-0.39, 0.29) is 47.4 Å². The largest absolute Gasteiger partial charge is 0.356 e. The van der Waals surface area contributed by atoms with E-state index in [0.717, 1.165) is 10.3 Å². The molecular formula is C34H44N6O5S. The fourth-order valence-corrected chi connectivity index (χ4v) is 6.39. The van der Waals surface area contributed by atoms with Gasteiger partial charge in [-0.3, -0.25) is 24.0 Å². The molecule has 246 valence electrons. The number of fused-ring (bicyclic) bond motifs is 1. The minimum Gasteiger partial charge on any atom is -0.356 e. The predicted octanol–water partition coefficient (Wildman–Crippen LogP) is 2.95. The van der Waals surface area contributed by atoms with Crippen molar-refractivity contribution in [3.8, 4) is 0 Å². The van der Waals surface area contributed by atoms with E-state index >= 15 is 0 Å². The summed E-state index contributed by atoms with van der Waals surface area (Å²) in [5.74, 6) is -2.55. The van der Waals surface area contributed by atoms with Crippen molar-refractivity contribution < 1.29 is 24.0 Å². The van der Waals surface area contributed by atoms with Gasteiger partial charge in [0.05, 0.1) is 22.8 Å². The third kappa shape index (κ3) is 9.67. The van der Waals surface area contributed by atoms with E-state index in [1.165, 1.54) is 11.3 Å². The minimum atomic E-state index is -1.01. The molecule has 4 rings (SSSR count). The van der Waals surface area contributed by atoms with Crippen molar-refractivity contribution >= 4 is 51.0 Å². The van der Waals surface area contributed by atoms with Crippen molar-refractivity contribution in [2.75, 3.05) is 13.1 Å². The number of hydrogen-bond acceptors (Lipinski definition) is 8. The molecule has 4 atom stereocenters. The van der Waals surface area contributed by atoms with Crippen LogP contribution in [0, 0.1) is 17.8 Å². The fourth-order valence-electron chi connectivity index (χ4n) is 5.42. The second-order valence-corrected chi connectivity index (χ2v) is 13.5. The topological polar surface area (TPSA) is 158 Å². The molecule has 3 aromatic rings. The number of nitrogens with one attached hydrogen (secondary N) is 5. The van der Waals surface area contributed by atoms with Crippen molar-refractivity contribution in [3.05, 3.63) is 65.2 Å². The highest BCUT2D eigenvalue weighted by Gasteiger charge is 2.35. The number of thiazole rings is 1. The average Bonchev–Trinajstić information content (AvgIpc) is 3.64. The molecule has 1 aliphatic rings. The van der Waals surface area contributed by atoms with Crippen LogP contribution in [0.5, 0.6) is 0 Å². The molecule has 0 unspecified atom stereocenters. The zero-order valence-corrected chi connectivity index (χ0v) is 27.6. The van der Waals surface area contributed by atoms with Gasteiger partial charge in [-0.25, -0.2) is 4.98 Å². The Kier molecular flexibility index (Phi) is 12.4. The zero-order chi connectivity index (χ0) is 33.2. The second-order valence-electron chi connectivity index (χ2n) is 12.5. The summed E-state index contributed by atoms with van der Waals surface area (Å²) in [5.41, 5.74) is 1.71. The van der Waals surface area contributed by atoms with Crippen LogP contribution in [0.4, 0.5) is 0 Å². The summed E-state index contributed by atoms with van der Waals surface area (Å²) in [4.78, 5) is 70.8. The molecule has 1 aliphatic heterocycles. The molecule has 2 aromatic carbocycles. The van der Waals surface area contributed by atoms with Crippen LogP contribution in [0.3, 0.4) is 0 Å². The molecule has 1 aromatic heterocycles. The van der Waals surface area contributed by atoms with Gasteiger partial charge in [-0.15, -0.1) is 11.3 Å². The van der Waals surface area contributed by atoms with Gasteiger partial charge in [-0.05, 0) is 48.8 Å². The van der Waals surface area contributed by atoms with E-state index in [9.17, 15) is 24.0 Å². The summed E-state index contributed by atoms with van der Waals surface area (Å²) in [6, 6.07) is 14.2. The summed E-state index contributed by atoms with van der Waals surface area (Å²) < 4.78 is 0.844. The lowest BCUT2D eigenvalue weighted by Crippen LogP contribution is -2.58. The number of rotatable bonds is 16. The lowest BCUT2D eigenvalue weighted by atomic mass is 9.94. The number of nitrogens with zero attached hydrogens (tertiary/aromatic N) is 1. The third-order valence-corrected chi connectivity index (χ3v) is 8.93. The summed E-state index contributed by atoms with van der Waals surface area (Å²) in [7, 11) is 0. The molecule has 46 heavy (non-hydrogen) atoms. The number of benzene rings is 2. The molecule has 2 heterocycles. The zero-order valence-electron chi connectivity index (χ0n) is 26.8. The Morgan fingerprint density at radius 1 is 0.913 bits per heavy atom. The van der Waals surface area contributed by atoms with Crippen LogP contribution in [0.1, 0.15) is 62.3 Å². The average molecular weight is 649 g/mol. The van der Waals surface area contributed by atoms with Gasteiger partial charge < -0.3 is 26.6 Å². The van der Waals surface area contributed by atoms with Gasteiger partial charge >= 0.3 is 0 Å². The van der Waals surface area contributed by atoms with Gasteiger partial charge in [0, 0.05) is 19.0 Å². The second kappa shape index (κ2) is 16.4. The molecule has 0 saturated carbocycles. The quantitative estimate of drug-likeness (QED) is 0.149. The van der Waals surface area contributed by atoms with Crippen molar-refractivity contribution in [1.29, 1.82) is 0 Å². The molecule has 5 N–H and O–H groups in total. The Hall–Kier alpha value is -4.16. The molecule has 0 bridgehead atoms. The predicted molar refractivity (Wildman–Crippen MR) is 178 cm³/mol. The number of carbonyl (C=O) groups is 5. The first-order chi connectivity index (χ1) is 22.0. The lowest BCUT2D eigenvalue weighted by Gasteiger charge is -2.27. The first-order valence-corrected chi connectivity index (χ1v) is 16.7. The molecule has 12 heteroatoms. The highest BCUT2D eigenvalue weighted by Crippen LogP contribution is 2.25. The number of ketones is 1. The van der Waals surface area contributed by atoms with Gasteiger partial charge in [-0.1, -0.05) is 70.2 Å². The van der Waals surface area contributed by atoms with E-state index in [1.54, 1.807) is 0 Å². The lowest BCUT2D eigenvalue weighted by molar-refractivity contribution is -0.133. The molecule has 0 spiro atoms. The van der Waals surface area contributed by atoms with Crippen molar-refractivity contribution in [2.45, 2.75) is 71.6 Å². The number of carbonyl (C=O) groups excluding carboxylic acids is 5. The number of aromatic nitrogens is 1. The van der Waals surface area contributed by atoms with E-state index in [4.69, 9.17) is 0 Å². The first kappa shape index (κ1) is 34.7. The standard InChI is InChI=1S/C34H44N6O5S/c1-20(2)16-26(38-33(45)29(21(3)4)40-28(41)19-35-18-22-10-6-5-7-11-22)32(44)37-25(17-23-14-15-36-31(23)43)30(42)34-39-24-12-8-9-13-27(24)46-34/h5-13,20-21,23,25-26,29,35H,14-19H2,1-4H3,(H,36,43)(H,37,44)(H,38,45)(H,40,41)/t23-,25-,26-,29-/m1/s1. The minimum absolute atomic E-state index is 0.0194. The van der Waals surface area contributed by atoms with Crippen LogP contribution in [-0.2, 0) is 25.7 Å². The third-order valence-electron chi connectivity index (χ3n) is 7.88. The SMILES string of the molecule is CC(C)C[C@@H](NC(=O)[C@H](NC(=O)CNCc1ccccc1)C(C)C)C(=O)N[C@H](C[C@H]1CCNC1=O)C(=O)c1nc2ccccc2s1. The Bertz CT molecular complexity index is 1490. The monoisotopic (exact) mass is 648 g/mol.